The van der Waals surface area contributed by atoms with Crippen LogP contribution in [0.5, 0.6) is 11.5 Å². The molecule has 0 unspecified atom stereocenters. The van der Waals surface area contributed by atoms with Gasteiger partial charge in [0.1, 0.15) is 17.1 Å². The number of fused-ring (bicyclic) bond motifs is 1. The Kier molecular flexibility index (Phi) is 4.43. The van der Waals surface area contributed by atoms with Gasteiger partial charge in [-0.05, 0) is 24.1 Å². The number of β-amino-alcohol motifs (C(OH)–C–C–N with tert-alkyl or cyclic N) is 1. The van der Waals surface area contributed by atoms with Crippen LogP contribution in [0.1, 0.15) is 12.0 Å². The van der Waals surface area contributed by atoms with E-state index in [2.05, 4.69) is 4.90 Å². The lowest BCUT2D eigenvalue weighted by molar-refractivity contribution is -0.00578. The van der Waals surface area contributed by atoms with Crippen molar-refractivity contribution in [1.29, 1.82) is 0 Å². The van der Waals surface area contributed by atoms with E-state index in [9.17, 15) is 10.2 Å². The van der Waals surface area contributed by atoms with Crippen molar-refractivity contribution in [2.45, 2.75) is 18.6 Å². The highest BCUT2D eigenvalue weighted by Gasteiger charge is 2.35. The molecule has 5 heteroatoms. The predicted molar refractivity (Wildman–Crippen MR) is 89.0 cm³/mol. The van der Waals surface area contributed by atoms with Crippen LogP contribution in [0.15, 0.2) is 30.3 Å². The van der Waals surface area contributed by atoms with Crippen LogP contribution in [0, 0.1) is 0 Å². The molecule has 1 saturated heterocycles. The van der Waals surface area contributed by atoms with Crippen molar-refractivity contribution in [3.05, 3.63) is 35.9 Å². The van der Waals surface area contributed by atoms with Crippen LogP contribution < -0.4 is 9.47 Å². The van der Waals surface area contributed by atoms with Crippen LogP contribution in [0.2, 0.25) is 0 Å². The molecule has 5 nitrogen and oxygen atoms in total. The summed E-state index contributed by atoms with van der Waals surface area (Å²) in [5.41, 5.74) is 0.146. The standard InChI is InChI=1S/C18H23NO4/c1-22-15-7-6-13(10-19-9-8-18(21,11-19)12-20)17-14(15)4-3-5-16(17)23-2/h3-7,20-21H,8-12H2,1-2H3/t18-/m1/s1. The van der Waals surface area contributed by atoms with Gasteiger partial charge >= 0.3 is 0 Å². The zero-order chi connectivity index (χ0) is 16.4. The lowest BCUT2D eigenvalue weighted by Crippen LogP contribution is -2.36. The Labute approximate surface area is 136 Å². The topological polar surface area (TPSA) is 62.2 Å². The first-order valence-corrected chi connectivity index (χ1v) is 7.78. The van der Waals surface area contributed by atoms with E-state index in [1.54, 1.807) is 14.2 Å². The minimum atomic E-state index is -0.980. The van der Waals surface area contributed by atoms with E-state index in [0.29, 0.717) is 19.5 Å². The predicted octanol–water partition coefficient (Wildman–Crippen LogP) is 1.79. The number of likely N-dealkylation sites (tertiary alicyclic amines) is 1. The van der Waals surface area contributed by atoms with Gasteiger partial charge in [0.2, 0.25) is 0 Å². The molecule has 1 atom stereocenters. The normalized spacial score (nSPS) is 21.7. The third-order valence-corrected chi connectivity index (χ3v) is 4.59. The Morgan fingerprint density at radius 2 is 1.91 bits per heavy atom. The van der Waals surface area contributed by atoms with E-state index in [1.807, 2.05) is 30.3 Å². The van der Waals surface area contributed by atoms with Gasteiger partial charge in [0.15, 0.2) is 0 Å². The summed E-state index contributed by atoms with van der Waals surface area (Å²) < 4.78 is 11.0. The number of benzene rings is 2. The van der Waals surface area contributed by atoms with Gasteiger partial charge in [-0.3, -0.25) is 4.90 Å². The SMILES string of the molecule is COc1ccc(CN2CC[C@](O)(CO)C2)c2c(OC)cccc12. The summed E-state index contributed by atoms with van der Waals surface area (Å²) in [6.45, 7) is 1.74. The lowest BCUT2D eigenvalue weighted by Gasteiger charge is -2.22. The van der Waals surface area contributed by atoms with Crippen LogP contribution >= 0.6 is 0 Å². The number of methoxy groups -OCH3 is 2. The molecule has 3 rings (SSSR count). The third kappa shape index (κ3) is 3.00. The largest absolute Gasteiger partial charge is 0.496 e. The van der Waals surface area contributed by atoms with Crippen LogP contribution in [-0.4, -0.2) is 54.6 Å². The van der Waals surface area contributed by atoms with Gasteiger partial charge in [0.25, 0.3) is 0 Å². The highest BCUT2D eigenvalue weighted by atomic mass is 16.5. The molecular weight excluding hydrogens is 294 g/mol. The van der Waals surface area contributed by atoms with Crippen LogP contribution in [-0.2, 0) is 6.54 Å². The van der Waals surface area contributed by atoms with E-state index < -0.39 is 5.60 Å². The molecule has 2 aromatic rings. The summed E-state index contributed by atoms with van der Waals surface area (Å²) in [6.07, 6.45) is 0.592. The van der Waals surface area contributed by atoms with Crippen molar-refractivity contribution in [3.63, 3.8) is 0 Å². The van der Waals surface area contributed by atoms with Gasteiger partial charge in [-0.25, -0.2) is 0 Å². The number of hydrogen-bond acceptors (Lipinski definition) is 5. The second-order valence-corrected chi connectivity index (χ2v) is 6.15. The fourth-order valence-electron chi connectivity index (χ4n) is 3.34. The number of aliphatic hydroxyl groups is 2. The first-order valence-electron chi connectivity index (χ1n) is 7.78. The third-order valence-electron chi connectivity index (χ3n) is 4.59. The highest BCUT2D eigenvalue weighted by Crippen LogP contribution is 2.36. The fourth-order valence-corrected chi connectivity index (χ4v) is 3.34. The van der Waals surface area contributed by atoms with E-state index in [0.717, 1.165) is 34.4 Å². The second kappa shape index (κ2) is 6.35. The van der Waals surface area contributed by atoms with Gasteiger partial charge in [-0.1, -0.05) is 18.2 Å². The molecule has 0 amide bonds. The molecule has 0 aromatic heterocycles. The van der Waals surface area contributed by atoms with Gasteiger partial charge in [-0.15, -0.1) is 0 Å². The number of ether oxygens (including phenoxy) is 2. The molecule has 1 heterocycles. The zero-order valence-corrected chi connectivity index (χ0v) is 13.6. The smallest absolute Gasteiger partial charge is 0.127 e. The van der Waals surface area contributed by atoms with E-state index in [1.165, 1.54) is 0 Å². The molecule has 2 aromatic carbocycles. The molecule has 0 spiro atoms. The molecule has 23 heavy (non-hydrogen) atoms. The maximum Gasteiger partial charge on any atom is 0.127 e. The van der Waals surface area contributed by atoms with Crippen LogP contribution in [0.3, 0.4) is 0 Å². The number of rotatable bonds is 5. The summed E-state index contributed by atoms with van der Waals surface area (Å²) in [5.74, 6) is 1.63. The van der Waals surface area contributed by atoms with Crippen molar-refractivity contribution < 1.29 is 19.7 Å². The van der Waals surface area contributed by atoms with E-state index in [4.69, 9.17) is 9.47 Å². The molecule has 0 aliphatic carbocycles. The Morgan fingerprint density at radius 1 is 1.13 bits per heavy atom. The summed E-state index contributed by atoms with van der Waals surface area (Å²) in [4.78, 5) is 2.16. The number of aliphatic hydroxyl groups excluding tert-OH is 1. The Balaban J connectivity index is 1.98. The van der Waals surface area contributed by atoms with Crippen molar-refractivity contribution >= 4 is 10.8 Å². The van der Waals surface area contributed by atoms with Gasteiger partial charge in [-0.2, -0.15) is 0 Å². The Hall–Kier alpha value is -1.82. The van der Waals surface area contributed by atoms with Crippen molar-refractivity contribution in [2.24, 2.45) is 0 Å². The monoisotopic (exact) mass is 317 g/mol. The lowest BCUT2D eigenvalue weighted by atomic mass is 10.0. The Morgan fingerprint density at radius 3 is 2.57 bits per heavy atom. The summed E-state index contributed by atoms with van der Waals surface area (Å²) >= 11 is 0. The Bertz CT molecular complexity index is 703. The minimum Gasteiger partial charge on any atom is -0.496 e. The van der Waals surface area contributed by atoms with E-state index >= 15 is 0 Å². The highest BCUT2D eigenvalue weighted by molar-refractivity contribution is 5.95. The van der Waals surface area contributed by atoms with Crippen LogP contribution in [0.4, 0.5) is 0 Å². The van der Waals surface area contributed by atoms with E-state index in [-0.39, 0.29) is 6.61 Å². The maximum atomic E-state index is 10.2. The zero-order valence-electron chi connectivity index (χ0n) is 13.6. The first kappa shape index (κ1) is 16.1. The molecule has 2 N–H and O–H groups in total. The fraction of sp³-hybridized carbons (Fsp3) is 0.444. The average molecular weight is 317 g/mol. The van der Waals surface area contributed by atoms with Gasteiger partial charge in [0, 0.05) is 30.4 Å². The van der Waals surface area contributed by atoms with Gasteiger partial charge in [0.05, 0.1) is 20.8 Å². The molecule has 0 saturated carbocycles. The summed E-state index contributed by atoms with van der Waals surface area (Å²) in [5, 5.41) is 21.6. The minimum absolute atomic E-state index is 0.198. The summed E-state index contributed by atoms with van der Waals surface area (Å²) in [7, 11) is 3.33. The van der Waals surface area contributed by atoms with Gasteiger partial charge < -0.3 is 19.7 Å². The molecule has 1 fully saturated rings. The van der Waals surface area contributed by atoms with Crippen molar-refractivity contribution in [1.82, 2.24) is 4.90 Å². The molecule has 1 aliphatic heterocycles. The molecule has 0 bridgehead atoms. The first-order chi connectivity index (χ1) is 11.1. The van der Waals surface area contributed by atoms with Crippen molar-refractivity contribution in [3.8, 4) is 11.5 Å². The molecule has 1 aliphatic rings. The molecular formula is C18H23NO4. The molecule has 124 valence electrons. The van der Waals surface area contributed by atoms with Crippen molar-refractivity contribution in [2.75, 3.05) is 33.9 Å². The van der Waals surface area contributed by atoms with Crippen LogP contribution in [0.25, 0.3) is 10.8 Å². The number of nitrogens with zero attached hydrogens (tertiary/aromatic N) is 1. The molecule has 0 radical (unpaired) electrons. The summed E-state index contributed by atoms with van der Waals surface area (Å²) in [6, 6.07) is 9.92. The average Bonchev–Trinajstić information content (AvgIpc) is 2.96. The maximum absolute atomic E-state index is 10.2. The number of hydrogen-bond donors (Lipinski definition) is 2. The quantitative estimate of drug-likeness (QED) is 0.880. The second-order valence-electron chi connectivity index (χ2n) is 6.15.